The van der Waals surface area contributed by atoms with Crippen LogP contribution in [0.1, 0.15) is 43.6 Å². The Bertz CT molecular complexity index is 684. The van der Waals surface area contributed by atoms with Gasteiger partial charge in [0.25, 0.3) is 5.91 Å². The number of nitrogens with zero attached hydrogens (tertiary/aromatic N) is 4. The van der Waals surface area contributed by atoms with E-state index in [1.165, 1.54) is 11.5 Å². The summed E-state index contributed by atoms with van der Waals surface area (Å²) in [4.78, 5) is 29.8. The number of carbonyl (C=O) groups is 2. The third-order valence-corrected chi connectivity index (χ3v) is 7.02. The standard InChI is InChI=1S/C18H27N5O2S/c1-13(2)9-22-11-17(18(12-22)3-6-19-16(18)25)4-7-23(8-5-17)15(24)14-10-26-21-20-14/h10,13H,3-9,11-12H2,1-2H3,(H,19,25). The van der Waals surface area contributed by atoms with Gasteiger partial charge >= 0.3 is 0 Å². The molecule has 142 valence electrons. The van der Waals surface area contributed by atoms with E-state index in [1.807, 2.05) is 4.90 Å². The molecule has 4 heterocycles. The third kappa shape index (κ3) is 2.74. The van der Waals surface area contributed by atoms with Crippen LogP contribution >= 0.6 is 11.5 Å². The molecule has 26 heavy (non-hydrogen) atoms. The first-order chi connectivity index (χ1) is 12.5. The minimum atomic E-state index is -0.279. The number of likely N-dealkylation sites (tertiary alicyclic amines) is 2. The first-order valence-corrected chi connectivity index (χ1v) is 10.4. The van der Waals surface area contributed by atoms with Gasteiger partial charge in [-0.15, -0.1) is 5.10 Å². The van der Waals surface area contributed by atoms with Gasteiger partial charge in [0.1, 0.15) is 0 Å². The number of hydrogen-bond acceptors (Lipinski definition) is 6. The zero-order valence-corrected chi connectivity index (χ0v) is 16.3. The van der Waals surface area contributed by atoms with Crippen molar-refractivity contribution in [3.63, 3.8) is 0 Å². The van der Waals surface area contributed by atoms with Crippen molar-refractivity contribution in [3.8, 4) is 0 Å². The lowest BCUT2D eigenvalue weighted by molar-refractivity contribution is -0.133. The Labute approximate surface area is 158 Å². The average molecular weight is 378 g/mol. The van der Waals surface area contributed by atoms with Crippen LogP contribution in [0, 0.1) is 16.7 Å². The zero-order valence-electron chi connectivity index (χ0n) is 15.5. The van der Waals surface area contributed by atoms with Gasteiger partial charge in [0.15, 0.2) is 5.69 Å². The molecule has 7 nitrogen and oxygen atoms in total. The highest BCUT2D eigenvalue weighted by molar-refractivity contribution is 7.03. The molecule has 2 amide bonds. The van der Waals surface area contributed by atoms with Crippen molar-refractivity contribution in [2.45, 2.75) is 33.1 Å². The highest BCUT2D eigenvalue weighted by Crippen LogP contribution is 2.56. The van der Waals surface area contributed by atoms with Crippen molar-refractivity contribution in [2.75, 3.05) is 39.3 Å². The summed E-state index contributed by atoms with van der Waals surface area (Å²) < 4.78 is 3.80. The van der Waals surface area contributed by atoms with Crippen molar-refractivity contribution in [2.24, 2.45) is 16.7 Å². The van der Waals surface area contributed by atoms with Gasteiger partial charge in [0.2, 0.25) is 5.91 Å². The third-order valence-electron chi connectivity index (χ3n) is 6.52. The molecular formula is C18H27N5O2S. The molecule has 0 saturated carbocycles. The molecule has 0 bridgehead atoms. The van der Waals surface area contributed by atoms with Crippen LogP contribution in [0.2, 0.25) is 0 Å². The van der Waals surface area contributed by atoms with Gasteiger partial charge in [-0.1, -0.05) is 18.3 Å². The predicted octanol–water partition coefficient (Wildman–Crippen LogP) is 1.24. The molecule has 0 aliphatic carbocycles. The topological polar surface area (TPSA) is 78.4 Å². The van der Waals surface area contributed by atoms with Crippen LogP contribution in [0.5, 0.6) is 0 Å². The summed E-state index contributed by atoms with van der Waals surface area (Å²) in [6.45, 7) is 9.50. The lowest BCUT2D eigenvalue weighted by atomic mass is 9.60. The van der Waals surface area contributed by atoms with Gasteiger partial charge in [-0.05, 0) is 36.7 Å². The maximum atomic E-state index is 12.9. The summed E-state index contributed by atoms with van der Waals surface area (Å²) in [6.07, 6.45) is 2.70. The quantitative estimate of drug-likeness (QED) is 0.857. The molecule has 0 radical (unpaired) electrons. The number of piperidine rings is 1. The second kappa shape index (κ2) is 6.56. The zero-order chi connectivity index (χ0) is 18.4. The van der Waals surface area contributed by atoms with Gasteiger partial charge in [-0.2, -0.15) is 0 Å². The SMILES string of the molecule is CC(C)CN1CC2(CCN(C(=O)c3csnn3)CC2)C2(CCNC2=O)C1. The van der Waals surface area contributed by atoms with Gasteiger partial charge < -0.3 is 15.1 Å². The minimum Gasteiger partial charge on any atom is -0.356 e. The van der Waals surface area contributed by atoms with Gasteiger partial charge in [-0.25, -0.2) is 0 Å². The van der Waals surface area contributed by atoms with Gasteiger partial charge in [0.05, 0.1) is 5.41 Å². The molecule has 2 spiro atoms. The number of fused-ring (bicyclic) bond motifs is 1. The molecule has 1 N–H and O–H groups in total. The molecular weight excluding hydrogens is 350 g/mol. The van der Waals surface area contributed by atoms with Crippen molar-refractivity contribution in [1.82, 2.24) is 24.7 Å². The van der Waals surface area contributed by atoms with Crippen LogP contribution in [0.4, 0.5) is 0 Å². The van der Waals surface area contributed by atoms with Gasteiger partial charge in [0, 0.05) is 50.1 Å². The summed E-state index contributed by atoms with van der Waals surface area (Å²) in [5, 5.41) is 8.71. The monoisotopic (exact) mass is 377 g/mol. The molecule has 4 rings (SSSR count). The number of aromatic nitrogens is 2. The molecule has 3 saturated heterocycles. The van der Waals surface area contributed by atoms with E-state index in [0.717, 1.165) is 45.4 Å². The van der Waals surface area contributed by atoms with E-state index in [0.29, 0.717) is 24.7 Å². The fraction of sp³-hybridized carbons (Fsp3) is 0.778. The number of carbonyl (C=O) groups excluding carboxylic acids is 2. The van der Waals surface area contributed by atoms with E-state index in [4.69, 9.17) is 0 Å². The molecule has 3 aliphatic rings. The molecule has 1 aromatic heterocycles. The molecule has 0 aromatic carbocycles. The highest BCUT2D eigenvalue weighted by Gasteiger charge is 2.63. The highest BCUT2D eigenvalue weighted by atomic mass is 32.1. The molecule has 8 heteroatoms. The lowest BCUT2D eigenvalue weighted by Crippen LogP contribution is -2.53. The summed E-state index contributed by atoms with van der Waals surface area (Å²) in [6, 6.07) is 0. The smallest absolute Gasteiger partial charge is 0.275 e. The van der Waals surface area contributed by atoms with E-state index in [1.54, 1.807) is 5.38 Å². The van der Waals surface area contributed by atoms with E-state index in [2.05, 4.69) is 33.7 Å². The van der Waals surface area contributed by atoms with E-state index in [9.17, 15) is 9.59 Å². The maximum Gasteiger partial charge on any atom is 0.275 e. The summed E-state index contributed by atoms with van der Waals surface area (Å²) in [5.74, 6) is 0.785. The first-order valence-electron chi connectivity index (χ1n) is 9.53. The summed E-state index contributed by atoms with van der Waals surface area (Å²) >= 11 is 1.20. The number of hydrogen-bond donors (Lipinski definition) is 1. The van der Waals surface area contributed by atoms with Crippen molar-refractivity contribution < 1.29 is 9.59 Å². The first kappa shape index (κ1) is 17.9. The molecule has 1 atom stereocenters. The Kier molecular flexibility index (Phi) is 4.51. The summed E-state index contributed by atoms with van der Waals surface area (Å²) in [5.41, 5.74) is 0.144. The van der Waals surface area contributed by atoms with Crippen molar-refractivity contribution in [1.29, 1.82) is 0 Å². The Balaban J connectivity index is 1.53. The van der Waals surface area contributed by atoms with Crippen LogP contribution in [-0.4, -0.2) is 70.5 Å². The maximum absolute atomic E-state index is 12.9. The number of rotatable bonds is 3. The Morgan fingerprint density at radius 1 is 1.31 bits per heavy atom. The second-order valence-electron chi connectivity index (χ2n) is 8.51. The largest absolute Gasteiger partial charge is 0.356 e. The Morgan fingerprint density at radius 2 is 2.08 bits per heavy atom. The van der Waals surface area contributed by atoms with E-state index >= 15 is 0 Å². The number of amides is 2. The predicted molar refractivity (Wildman–Crippen MR) is 98.8 cm³/mol. The second-order valence-corrected chi connectivity index (χ2v) is 9.12. The van der Waals surface area contributed by atoms with Crippen molar-refractivity contribution in [3.05, 3.63) is 11.1 Å². The minimum absolute atomic E-state index is 0.0143. The van der Waals surface area contributed by atoms with Crippen LogP contribution in [0.15, 0.2) is 5.38 Å². The van der Waals surface area contributed by atoms with Crippen LogP contribution < -0.4 is 5.32 Å². The fourth-order valence-corrected chi connectivity index (χ4v) is 5.78. The van der Waals surface area contributed by atoms with Crippen molar-refractivity contribution >= 4 is 23.3 Å². The molecule has 3 fully saturated rings. The average Bonchev–Trinajstić information content (AvgIpc) is 3.31. The molecule has 1 aromatic rings. The van der Waals surface area contributed by atoms with Crippen LogP contribution in [-0.2, 0) is 4.79 Å². The fourth-order valence-electron chi connectivity index (χ4n) is 5.35. The number of nitrogens with one attached hydrogen (secondary N) is 1. The lowest BCUT2D eigenvalue weighted by Gasteiger charge is -2.46. The molecule has 1 unspecified atom stereocenters. The molecule has 3 aliphatic heterocycles. The Morgan fingerprint density at radius 3 is 2.65 bits per heavy atom. The van der Waals surface area contributed by atoms with Crippen LogP contribution in [0.25, 0.3) is 0 Å². The normalized spacial score (nSPS) is 28.4. The Hall–Kier alpha value is -1.54. The summed E-state index contributed by atoms with van der Waals surface area (Å²) in [7, 11) is 0. The van der Waals surface area contributed by atoms with E-state index in [-0.39, 0.29) is 22.6 Å². The van der Waals surface area contributed by atoms with Crippen LogP contribution in [0.3, 0.4) is 0 Å². The van der Waals surface area contributed by atoms with Gasteiger partial charge in [-0.3, -0.25) is 9.59 Å². The van der Waals surface area contributed by atoms with E-state index < -0.39 is 0 Å².